The number of carbonyl (C=O) groups is 2. The molecule has 0 spiro atoms. The zero-order valence-corrected chi connectivity index (χ0v) is 18.0. The molecular weight excluding hydrogens is 418 g/mol. The molecule has 8 heteroatoms. The quantitative estimate of drug-likeness (QED) is 0.252. The number of methoxy groups -OCH3 is 2. The summed E-state index contributed by atoms with van der Waals surface area (Å²) in [5, 5.41) is 3.99. The van der Waals surface area contributed by atoms with E-state index >= 15 is 0 Å². The number of hydrazone groups is 1. The van der Waals surface area contributed by atoms with Gasteiger partial charge >= 0.3 is 0 Å². The minimum Gasteiger partial charge on any atom is -0.497 e. The molecular formula is C23H23ClN3O4+. The summed E-state index contributed by atoms with van der Waals surface area (Å²) in [7, 11) is 3.12. The number of amides is 1. The van der Waals surface area contributed by atoms with Gasteiger partial charge in [0.1, 0.15) is 11.5 Å². The molecule has 3 aromatic rings. The molecule has 1 amide bonds. The van der Waals surface area contributed by atoms with Crippen LogP contribution in [-0.4, -0.2) is 32.1 Å². The zero-order valence-electron chi connectivity index (χ0n) is 17.1. The van der Waals surface area contributed by atoms with E-state index in [1.807, 2.05) is 18.2 Å². The molecule has 31 heavy (non-hydrogen) atoms. The predicted octanol–water partition coefficient (Wildman–Crippen LogP) is 3.06. The van der Waals surface area contributed by atoms with Crippen LogP contribution in [0.3, 0.4) is 0 Å². The van der Waals surface area contributed by atoms with Crippen molar-refractivity contribution in [3.05, 3.63) is 89.7 Å². The summed E-state index contributed by atoms with van der Waals surface area (Å²) in [6.07, 6.45) is 4.86. The van der Waals surface area contributed by atoms with E-state index < -0.39 is 0 Å². The summed E-state index contributed by atoms with van der Waals surface area (Å²) < 4.78 is 12.2. The molecule has 160 valence electrons. The Morgan fingerprint density at radius 1 is 0.968 bits per heavy atom. The SMILES string of the molecule is COc1ccc(OC)c(/C=N/NC(=O)c2cc[n+](CC(=O)c3ccccc3)cc2)c1.Cl. The number of rotatable bonds is 8. The maximum absolute atomic E-state index is 12.3. The van der Waals surface area contributed by atoms with Gasteiger partial charge in [0.25, 0.3) is 5.91 Å². The highest BCUT2D eigenvalue weighted by atomic mass is 35.5. The van der Waals surface area contributed by atoms with E-state index in [4.69, 9.17) is 9.47 Å². The number of carbonyl (C=O) groups excluding carboxylic acids is 2. The van der Waals surface area contributed by atoms with Gasteiger partial charge in [0.2, 0.25) is 12.3 Å². The van der Waals surface area contributed by atoms with E-state index in [0.717, 1.165) is 0 Å². The highest BCUT2D eigenvalue weighted by Crippen LogP contribution is 2.22. The average molecular weight is 441 g/mol. The summed E-state index contributed by atoms with van der Waals surface area (Å²) in [6, 6.07) is 17.6. The second kappa shape index (κ2) is 11.5. The zero-order chi connectivity index (χ0) is 21.3. The van der Waals surface area contributed by atoms with Crippen LogP contribution in [0, 0.1) is 0 Å². The van der Waals surface area contributed by atoms with Crippen LogP contribution in [0.4, 0.5) is 0 Å². The molecule has 0 unspecified atom stereocenters. The van der Waals surface area contributed by atoms with Crippen molar-refractivity contribution in [2.75, 3.05) is 14.2 Å². The smallest absolute Gasteiger partial charge is 0.271 e. The molecule has 0 atom stereocenters. The van der Waals surface area contributed by atoms with Crippen LogP contribution in [-0.2, 0) is 6.54 Å². The van der Waals surface area contributed by atoms with Crippen molar-refractivity contribution in [3.63, 3.8) is 0 Å². The number of pyridine rings is 1. The Labute approximate surface area is 186 Å². The van der Waals surface area contributed by atoms with E-state index in [1.54, 1.807) is 73.6 Å². The molecule has 1 aromatic heterocycles. The Hall–Kier alpha value is -3.71. The minimum atomic E-state index is -0.366. The van der Waals surface area contributed by atoms with Crippen molar-refractivity contribution in [2.45, 2.75) is 6.54 Å². The van der Waals surface area contributed by atoms with Gasteiger partial charge in [0.05, 0.1) is 26.0 Å². The second-order valence-electron chi connectivity index (χ2n) is 6.36. The predicted molar refractivity (Wildman–Crippen MR) is 119 cm³/mol. The number of hydrogen-bond donors (Lipinski definition) is 1. The Balaban J connectivity index is 0.00000341. The number of ketones is 1. The molecule has 0 radical (unpaired) electrons. The first-order valence-electron chi connectivity index (χ1n) is 9.23. The van der Waals surface area contributed by atoms with Gasteiger partial charge in [-0.2, -0.15) is 9.67 Å². The molecule has 7 nitrogen and oxygen atoms in total. The molecule has 0 bridgehead atoms. The number of benzene rings is 2. The monoisotopic (exact) mass is 440 g/mol. The molecule has 2 aromatic carbocycles. The van der Waals surface area contributed by atoms with E-state index in [-0.39, 0.29) is 30.6 Å². The number of nitrogens with zero attached hydrogens (tertiary/aromatic N) is 2. The summed E-state index contributed by atoms with van der Waals surface area (Å²) in [5.74, 6) is 0.892. The first-order valence-corrected chi connectivity index (χ1v) is 9.23. The van der Waals surface area contributed by atoms with E-state index in [2.05, 4.69) is 10.5 Å². The van der Waals surface area contributed by atoms with Crippen molar-refractivity contribution in [1.29, 1.82) is 0 Å². The van der Waals surface area contributed by atoms with Gasteiger partial charge < -0.3 is 9.47 Å². The lowest BCUT2D eigenvalue weighted by atomic mass is 10.1. The van der Waals surface area contributed by atoms with Gasteiger partial charge in [0.15, 0.2) is 12.4 Å². The van der Waals surface area contributed by atoms with Crippen LogP contribution in [0.2, 0.25) is 0 Å². The van der Waals surface area contributed by atoms with Gasteiger partial charge in [0, 0.05) is 23.3 Å². The summed E-state index contributed by atoms with van der Waals surface area (Å²) >= 11 is 0. The number of aromatic nitrogens is 1. The highest BCUT2D eigenvalue weighted by Gasteiger charge is 2.13. The lowest BCUT2D eigenvalue weighted by Crippen LogP contribution is -2.37. The van der Waals surface area contributed by atoms with Crippen LogP contribution in [0.15, 0.2) is 78.2 Å². The number of ether oxygens (including phenoxy) is 2. The third-order valence-corrected chi connectivity index (χ3v) is 4.38. The fourth-order valence-electron chi connectivity index (χ4n) is 2.76. The van der Waals surface area contributed by atoms with Gasteiger partial charge in [-0.1, -0.05) is 30.3 Å². The van der Waals surface area contributed by atoms with Crippen LogP contribution in [0.25, 0.3) is 0 Å². The van der Waals surface area contributed by atoms with Gasteiger partial charge in [-0.05, 0) is 18.2 Å². The minimum absolute atomic E-state index is 0. The topological polar surface area (TPSA) is 80.9 Å². The third kappa shape index (κ3) is 6.38. The van der Waals surface area contributed by atoms with Gasteiger partial charge in [-0.15, -0.1) is 12.4 Å². The lowest BCUT2D eigenvalue weighted by molar-refractivity contribution is -0.683. The molecule has 0 saturated heterocycles. The maximum atomic E-state index is 12.3. The first kappa shape index (κ1) is 23.6. The second-order valence-corrected chi connectivity index (χ2v) is 6.36. The van der Waals surface area contributed by atoms with Crippen LogP contribution in [0.5, 0.6) is 11.5 Å². The normalized spacial score (nSPS) is 10.3. The van der Waals surface area contributed by atoms with E-state index in [1.165, 1.54) is 6.21 Å². The Morgan fingerprint density at radius 2 is 1.68 bits per heavy atom. The van der Waals surface area contributed by atoms with Crippen molar-refractivity contribution in [2.24, 2.45) is 5.10 Å². The number of halogens is 1. The van der Waals surface area contributed by atoms with E-state index in [9.17, 15) is 9.59 Å². The Morgan fingerprint density at radius 3 is 2.32 bits per heavy atom. The highest BCUT2D eigenvalue weighted by molar-refractivity contribution is 5.95. The molecule has 0 aliphatic rings. The van der Waals surface area contributed by atoms with E-state index in [0.29, 0.717) is 28.2 Å². The number of nitrogens with one attached hydrogen (secondary N) is 1. The van der Waals surface area contributed by atoms with Crippen molar-refractivity contribution in [1.82, 2.24) is 5.43 Å². The summed E-state index contributed by atoms with van der Waals surface area (Å²) in [4.78, 5) is 24.6. The first-order chi connectivity index (χ1) is 14.6. The average Bonchev–Trinajstić information content (AvgIpc) is 2.80. The fraction of sp³-hybridized carbons (Fsp3) is 0.130. The molecule has 1 heterocycles. The third-order valence-electron chi connectivity index (χ3n) is 4.38. The number of hydrogen-bond acceptors (Lipinski definition) is 5. The van der Waals surface area contributed by atoms with Crippen LogP contribution >= 0.6 is 12.4 Å². The van der Waals surface area contributed by atoms with Gasteiger partial charge in [-0.3, -0.25) is 9.59 Å². The fourth-order valence-corrected chi connectivity index (χ4v) is 2.76. The summed E-state index contributed by atoms with van der Waals surface area (Å²) in [5.41, 5.74) is 4.22. The molecule has 3 rings (SSSR count). The molecule has 0 fully saturated rings. The van der Waals surface area contributed by atoms with Crippen molar-refractivity contribution >= 4 is 30.3 Å². The van der Waals surface area contributed by atoms with Crippen LogP contribution < -0.4 is 19.5 Å². The molecule has 0 aliphatic carbocycles. The van der Waals surface area contributed by atoms with Crippen molar-refractivity contribution < 1.29 is 23.6 Å². The molecule has 1 N–H and O–H groups in total. The molecule has 0 aliphatic heterocycles. The standard InChI is InChI=1S/C23H21N3O4.ClH/c1-29-20-8-9-22(30-2)19(14-20)15-24-25-23(28)18-10-12-26(13-11-18)16-21(27)17-6-4-3-5-7-17;/h3-15H,16H2,1-2H3;1H/p+1. The largest absolute Gasteiger partial charge is 0.497 e. The number of Topliss-reactive ketones (excluding diaryl/α,β-unsaturated/α-hetero) is 1. The van der Waals surface area contributed by atoms with Gasteiger partial charge in [-0.25, -0.2) is 5.43 Å². The summed E-state index contributed by atoms with van der Waals surface area (Å²) in [6.45, 7) is 0.194. The molecule has 0 saturated carbocycles. The van der Waals surface area contributed by atoms with Crippen LogP contribution in [0.1, 0.15) is 26.3 Å². The maximum Gasteiger partial charge on any atom is 0.271 e. The lowest BCUT2D eigenvalue weighted by Gasteiger charge is -2.06. The Bertz CT molecular complexity index is 1050. The Kier molecular flexibility index (Phi) is 8.72. The van der Waals surface area contributed by atoms with Crippen molar-refractivity contribution in [3.8, 4) is 11.5 Å².